The van der Waals surface area contributed by atoms with Crippen molar-refractivity contribution in [1.29, 1.82) is 0 Å². The highest BCUT2D eigenvalue weighted by Crippen LogP contribution is 2.29. The maximum atomic E-state index is 12.8. The molecular formula is C15H8ClF4N3O3. The number of benzene rings is 1. The molecule has 2 rings (SSSR count). The zero-order chi connectivity index (χ0) is 19.5. The summed E-state index contributed by atoms with van der Waals surface area (Å²) in [5.74, 6) is -2.71. The number of rotatable bonds is 3. The number of hydrogen-bond donors (Lipinski definition) is 0. The van der Waals surface area contributed by atoms with Gasteiger partial charge in [-0.15, -0.1) is 10.2 Å². The molecule has 0 bridgehead atoms. The van der Waals surface area contributed by atoms with E-state index in [2.05, 4.69) is 10.2 Å². The van der Waals surface area contributed by atoms with Crippen LogP contribution in [0.1, 0.15) is 15.9 Å². The summed E-state index contributed by atoms with van der Waals surface area (Å²) < 4.78 is 51.3. The molecule has 1 heterocycles. The van der Waals surface area contributed by atoms with Gasteiger partial charge in [-0.25, -0.2) is 4.39 Å². The molecule has 0 aliphatic heterocycles. The lowest BCUT2D eigenvalue weighted by Gasteiger charge is -2.10. The topological polar surface area (TPSA) is 80.9 Å². The van der Waals surface area contributed by atoms with Crippen molar-refractivity contribution in [2.45, 2.75) is 12.7 Å². The molecule has 1 aromatic carbocycles. The Bertz CT molecular complexity index is 937. The molecule has 0 N–H and O–H groups in total. The Hall–Kier alpha value is -2.88. The first kappa shape index (κ1) is 19.4. The molecule has 0 radical (unpaired) electrons. The molecule has 1 aromatic heterocycles. The largest absolute Gasteiger partial charge is 0.417 e. The predicted octanol–water partition coefficient (Wildman–Crippen LogP) is 3.48. The Morgan fingerprint density at radius 2 is 1.73 bits per heavy atom. The number of carbonyl (C=O) groups is 2. The summed E-state index contributed by atoms with van der Waals surface area (Å²) >= 11 is 5.45. The number of pyridine rings is 1. The van der Waals surface area contributed by atoms with Crippen LogP contribution >= 0.6 is 11.6 Å². The summed E-state index contributed by atoms with van der Waals surface area (Å²) in [6.45, 7) is -0.900. The SMILES string of the molecule is O=C(Cn1cc(C(F)(F)F)cc(Cl)c1=O)N=NC(=O)c1ccc(F)cc1. The van der Waals surface area contributed by atoms with E-state index in [1.54, 1.807) is 0 Å². The van der Waals surface area contributed by atoms with Crippen LogP contribution in [0.25, 0.3) is 0 Å². The van der Waals surface area contributed by atoms with Crippen molar-refractivity contribution in [1.82, 2.24) is 4.57 Å². The molecule has 2 aromatic rings. The van der Waals surface area contributed by atoms with Crippen molar-refractivity contribution < 1.29 is 27.2 Å². The van der Waals surface area contributed by atoms with Gasteiger partial charge in [0.05, 0.1) is 5.56 Å². The van der Waals surface area contributed by atoms with Crippen molar-refractivity contribution in [2.24, 2.45) is 10.2 Å². The van der Waals surface area contributed by atoms with Gasteiger partial charge in [-0.1, -0.05) is 11.6 Å². The van der Waals surface area contributed by atoms with E-state index >= 15 is 0 Å². The molecule has 0 spiro atoms. The van der Waals surface area contributed by atoms with E-state index in [4.69, 9.17) is 11.6 Å². The van der Waals surface area contributed by atoms with Crippen LogP contribution in [0.15, 0.2) is 51.6 Å². The molecule has 6 nitrogen and oxygen atoms in total. The number of alkyl halides is 3. The van der Waals surface area contributed by atoms with E-state index in [-0.39, 0.29) is 5.56 Å². The average Bonchev–Trinajstić information content (AvgIpc) is 2.56. The first-order chi connectivity index (χ1) is 12.1. The van der Waals surface area contributed by atoms with Crippen molar-refractivity contribution in [3.8, 4) is 0 Å². The average molecular weight is 390 g/mol. The van der Waals surface area contributed by atoms with Gasteiger partial charge in [0.1, 0.15) is 17.4 Å². The maximum absolute atomic E-state index is 12.8. The lowest BCUT2D eigenvalue weighted by molar-refractivity contribution is -0.138. The minimum Gasteiger partial charge on any atom is -0.304 e. The van der Waals surface area contributed by atoms with Crippen molar-refractivity contribution in [3.63, 3.8) is 0 Å². The van der Waals surface area contributed by atoms with Gasteiger partial charge in [0.15, 0.2) is 0 Å². The summed E-state index contributed by atoms with van der Waals surface area (Å²) in [5.41, 5.74) is -2.32. The van der Waals surface area contributed by atoms with Crippen molar-refractivity contribution in [3.05, 3.63) is 68.8 Å². The molecule has 0 aliphatic rings. The van der Waals surface area contributed by atoms with Crippen LogP contribution in [0, 0.1) is 5.82 Å². The highest BCUT2D eigenvalue weighted by Gasteiger charge is 2.32. The Kier molecular flexibility index (Phi) is 5.66. The van der Waals surface area contributed by atoms with Crippen LogP contribution < -0.4 is 5.56 Å². The third-order valence-electron chi connectivity index (χ3n) is 3.02. The van der Waals surface area contributed by atoms with Gasteiger partial charge in [-0.3, -0.25) is 14.4 Å². The van der Waals surface area contributed by atoms with Gasteiger partial charge in [-0.2, -0.15) is 13.2 Å². The van der Waals surface area contributed by atoms with E-state index in [0.717, 1.165) is 24.3 Å². The van der Waals surface area contributed by atoms with Gasteiger partial charge in [0.2, 0.25) is 0 Å². The van der Waals surface area contributed by atoms with Crippen LogP contribution in [0.5, 0.6) is 0 Å². The van der Waals surface area contributed by atoms with Crippen LogP contribution in [0.3, 0.4) is 0 Å². The van der Waals surface area contributed by atoms with E-state index in [1.165, 1.54) is 0 Å². The van der Waals surface area contributed by atoms with E-state index < -0.39 is 46.5 Å². The second-order valence-corrected chi connectivity index (χ2v) is 5.32. The summed E-state index contributed by atoms with van der Waals surface area (Å²) in [6, 6.07) is 4.64. The molecule has 0 saturated heterocycles. The fraction of sp³-hybridized carbons (Fsp3) is 0.133. The van der Waals surface area contributed by atoms with Gasteiger partial charge >= 0.3 is 6.18 Å². The maximum Gasteiger partial charge on any atom is 0.417 e. The quantitative estimate of drug-likeness (QED) is 0.595. The van der Waals surface area contributed by atoms with Crippen molar-refractivity contribution >= 4 is 23.4 Å². The summed E-state index contributed by atoms with van der Waals surface area (Å²) in [5, 5.41) is 5.40. The van der Waals surface area contributed by atoms with Crippen LogP contribution in [0.4, 0.5) is 17.6 Å². The minimum atomic E-state index is -4.78. The summed E-state index contributed by atoms with van der Waals surface area (Å²) in [4.78, 5) is 35.0. The third-order valence-corrected chi connectivity index (χ3v) is 3.29. The highest BCUT2D eigenvalue weighted by atomic mass is 35.5. The van der Waals surface area contributed by atoms with E-state index in [9.17, 15) is 31.9 Å². The molecule has 11 heteroatoms. The van der Waals surface area contributed by atoms with Gasteiger partial charge in [0.25, 0.3) is 17.4 Å². The highest BCUT2D eigenvalue weighted by molar-refractivity contribution is 6.30. The molecule has 0 saturated carbocycles. The second-order valence-electron chi connectivity index (χ2n) is 4.91. The van der Waals surface area contributed by atoms with Crippen LogP contribution in [-0.4, -0.2) is 16.4 Å². The molecule has 0 unspecified atom stereocenters. The Morgan fingerprint density at radius 1 is 1.12 bits per heavy atom. The molecule has 0 atom stereocenters. The monoisotopic (exact) mass is 389 g/mol. The van der Waals surface area contributed by atoms with E-state index in [1.807, 2.05) is 0 Å². The Morgan fingerprint density at radius 3 is 2.31 bits per heavy atom. The first-order valence-electron chi connectivity index (χ1n) is 6.79. The zero-order valence-electron chi connectivity index (χ0n) is 12.6. The van der Waals surface area contributed by atoms with Crippen LogP contribution in [0.2, 0.25) is 5.02 Å². The lowest BCUT2D eigenvalue weighted by Crippen LogP contribution is -2.25. The smallest absolute Gasteiger partial charge is 0.304 e. The normalized spacial score (nSPS) is 11.7. The van der Waals surface area contributed by atoms with Gasteiger partial charge in [0, 0.05) is 11.8 Å². The number of aromatic nitrogens is 1. The second kappa shape index (κ2) is 7.56. The standard InChI is InChI=1S/C15H8ClF4N3O3/c16-11-5-9(15(18,19)20)6-23(14(11)26)7-12(24)21-22-13(25)8-1-3-10(17)4-2-8/h1-6H,7H2. The number of halogens is 5. The minimum absolute atomic E-state index is 0.0535. The molecule has 0 aliphatic carbocycles. The number of amides is 2. The van der Waals surface area contributed by atoms with Crippen molar-refractivity contribution in [2.75, 3.05) is 0 Å². The number of carbonyl (C=O) groups excluding carboxylic acids is 2. The molecule has 26 heavy (non-hydrogen) atoms. The summed E-state index contributed by atoms with van der Waals surface area (Å²) in [6.07, 6.45) is -4.37. The fourth-order valence-corrected chi connectivity index (χ4v) is 2.03. The molecule has 0 fully saturated rings. The van der Waals surface area contributed by atoms with Gasteiger partial charge < -0.3 is 4.57 Å². The van der Waals surface area contributed by atoms with E-state index in [0.29, 0.717) is 16.8 Å². The predicted molar refractivity (Wildman–Crippen MR) is 81.3 cm³/mol. The number of hydrogen-bond acceptors (Lipinski definition) is 3. The summed E-state index contributed by atoms with van der Waals surface area (Å²) in [7, 11) is 0. The first-order valence-corrected chi connectivity index (χ1v) is 7.17. The molecule has 2 amide bonds. The lowest BCUT2D eigenvalue weighted by atomic mass is 10.2. The molecular weight excluding hydrogens is 382 g/mol. The van der Waals surface area contributed by atoms with Crippen LogP contribution in [-0.2, 0) is 17.5 Å². The molecule has 136 valence electrons. The number of nitrogens with zero attached hydrogens (tertiary/aromatic N) is 3. The number of azo groups is 1. The Balaban J connectivity index is 2.17. The Labute approximate surface area is 147 Å². The van der Waals surface area contributed by atoms with Gasteiger partial charge in [-0.05, 0) is 30.3 Å². The fourth-order valence-electron chi connectivity index (χ4n) is 1.80. The third kappa shape index (κ3) is 4.82. The zero-order valence-corrected chi connectivity index (χ0v) is 13.4.